The Morgan fingerprint density at radius 1 is 1.21 bits per heavy atom. The van der Waals surface area contributed by atoms with Crippen molar-refractivity contribution in [3.63, 3.8) is 0 Å². The Bertz CT molecular complexity index is 748. The first-order chi connectivity index (χ1) is 12.8. The maximum atomic E-state index is 12.2. The minimum atomic E-state index is -4.67. The number of nitrogens with one attached hydrogen (secondary N) is 2. The summed E-state index contributed by atoms with van der Waals surface area (Å²) >= 11 is 1.61. The Morgan fingerprint density at radius 3 is 2.43 bits per heavy atom. The van der Waals surface area contributed by atoms with Gasteiger partial charge in [0.2, 0.25) is 0 Å². The third-order valence-electron chi connectivity index (χ3n) is 3.65. The standard InChI is InChI=1S/C18H23F3N4OS.HI/c1-12(2)15-11-27-16(25-15)10-24-17(22-3)23-9-8-13-4-6-14(7-5-13)26-18(19,20)21;/h4-7,11-12H,8-10H2,1-3H3,(H2,22,23,24);1H. The zero-order chi connectivity index (χ0) is 19.9. The minimum absolute atomic E-state index is 0. The molecular formula is C18H24F3IN4OS. The van der Waals surface area contributed by atoms with Gasteiger partial charge in [-0.25, -0.2) is 4.98 Å². The van der Waals surface area contributed by atoms with Gasteiger partial charge in [0.25, 0.3) is 0 Å². The van der Waals surface area contributed by atoms with Crippen LogP contribution in [0, 0.1) is 0 Å². The van der Waals surface area contributed by atoms with E-state index in [1.54, 1.807) is 30.5 Å². The molecule has 0 aliphatic heterocycles. The summed E-state index contributed by atoms with van der Waals surface area (Å²) in [4.78, 5) is 8.72. The molecule has 2 aromatic rings. The predicted octanol–water partition coefficient (Wildman–Crippen LogP) is 4.69. The topological polar surface area (TPSA) is 58.5 Å². The van der Waals surface area contributed by atoms with Crippen LogP contribution in [0.1, 0.15) is 36.0 Å². The van der Waals surface area contributed by atoms with E-state index in [1.807, 2.05) is 0 Å². The van der Waals surface area contributed by atoms with E-state index < -0.39 is 6.36 Å². The summed E-state index contributed by atoms with van der Waals surface area (Å²) in [6, 6.07) is 5.85. The molecule has 0 unspecified atom stereocenters. The Labute approximate surface area is 183 Å². The summed E-state index contributed by atoms with van der Waals surface area (Å²) < 4.78 is 40.3. The fourth-order valence-corrected chi connectivity index (χ4v) is 3.13. The van der Waals surface area contributed by atoms with E-state index in [9.17, 15) is 13.2 Å². The molecule has 10 heteroatoms. The maximum absolute atomic E-state index is 12.2. The number of thiazole rings is 1. The summed E-state index contributed by atoms with van der Waals surface area (Å²) in [5.41, 5.74) is 1.98. The van der Waals surface area contributed by atoms with E-state index in [0.717, 1.165) is 16.3 Å². The lowest BCUT2D eigenvalue weighted by molar-refractivity contribution is -0.274. The molecule has 0 fully saturated rings. The van der Waals surface area contributed by atoms with Crippen molar-refractivity contribution < 1.29 is 17.9 Å². The van der Waals surface area contributed by atoms with Crippen molar-refractivity contribution in [2.45, 2.75) is 39.1 Å². The maximum Gasteiger partial charge on any atom is 0.573 e. The predicted molar refractivity (Wildman–Crippen MR) is 117 cm³/mol. The van der Waals surface area contributed by atoms with Crippen LogP contribution in [-0.2, 0) is 13.0 Å². The van der Waals surface area contributed by atoms with Crippen LogP contribution < -0.4 is 15.4 Å². The Morgan fingerprint density at radius 2 is 1.89 bits per heavy atom. The molecule has 1 aromatic carbocycles. The van der Waals surface area contributed by atoms with Crippen molar-refractivity contribution in [2.75, 3.05) is 13.6 Å². The van der Waals surface area contributed by atoms with Crippen LogP contribution >= 0.6 is 35.3 Å². The largest absolute Gasteiger partial charge is 0.573 e. The van der Waals surface area contributed by atoms with E-state index >= 15 is 0 Å². The number of rotatable bonds is 7. The second-order valence-electron chi connectivity index (χ2n) is 6.12. The molecule has 0 amide bonds. The van der Waals surface area contributed by atoms with Crippen LogP contribution in [0.15, 0.2) is 34.6 Å². The van der Waals surface area contributed by atoms with Crippen LogP contribution in [-0.4, -0.2) is 30.9 Å². The number of aliphatic imine (C=N–C) groups is 1. The first kappa shape index (κ1) is 24.5. The van der Waals surface area contributed by atoms with E-state index in [0.29, 0.717) is 31.4 Å². The second-order valence-corrected chi connectivity index (χ2v) is 7.06. The number of aromatic nitrogens is 1. The van der Waals surface area contributed by atoms with Gasteiger partial charge in [0.05, 0.1) is 12.2 Å². The molecule has 28 heavy (non-hydrogen) atoms. The number of halogens is 4. The summed E-state index contributed by atoms with van der Waals surface area (Å²) in [5.74, 6) is 0.828. The molecule has 0 saturated carbocycles. The normalized spacial score (nSPS) is 11.9. The van der Waals surface area contributed by atoms with Gasteiger partial charge in [0.15, 0.2) is 5.96 Å². The number of guanidine groups is 1. The van der Waals surface area contributed by atoms with Gasteiger partial charge in [-0.1, -0.05) is 26.0 Å². The highest BCUT2D eigenvalue weighted by Gasteiger charge is 2.30. The van der Waals surface area contributed by atoms with E-state index in [1.165, 1.54) is 12.1 Å². The minimum Gasteiger partial charge on any atom is -0.406 e. The molecule has 156 valence electrons. The number of nitrogens with zero attached hydrogens (tertiary/aromatic N) is 2. The van der Waals surface area contributed by atoms with Gasteiger partial charge in [-0.2, -0.15) is 0 Å². The molecule has 0 spiro atoms. The van der Waals surface area contributed by atoms with Gasteiger partial charge in [-0.05, 0) is 30.0 Å². The first-order valence-electron chi connectivity index (χ1n) is 8.50. The number of ether oxygens (including phenoxy) is 1. The SMILES string of the molecule is CN=C(NCCc1ccc(OC(F)(F)F)cc1)NCc1nc(C(C)C)cs1.I. The van der Waals surface area contributed by atoms with Crippen molar-refractivity contribution in [3.8, 4) is 5.75 Å². The third kappa shape index (κ3) is 8.63. The molecule has 1 heterocycles. The zero-order valence-electron chi connectivity index (χ0n) is 15.8. The van der Waals surface area contributed by atoms with E-state index in [2.05, 4.69) is 44.6 Å². The van der Waals surface area contributed by atoms with Crippen molar-refractivity contribution in [1.82, 2.24) is 15.6 Å². The van der Waals surface area contributed by atoms with Crippen molar-refractivity contribution in [2.24, 2.45) is 4.99 Å². The van der Waals surface area contributed by atoms with Crippen molar-refractivity contribution >= 4 is 41.3 Å². The van der Waals surface area contributed by atoms with Crippen LogP contribution in [0.3, 0.4) is 0 Å². The fraction of sp³-hybridized carbons (Fsp3) is 0.444. The third-order valence-corrected chi connectivity index (χ3v) is 4.52. The molecule has 1 aromatic heterocycles. The molecule has 0 bridgehead atoms. The van der Waals surface area contributed by atoms with Crippen molar-refractivity contribution in [3.05, 3.63) is 45.9 Å². The molecular weight excluding hydrogens is 504 g/mol. The average Bonchev–Trinajstić information content (AvgIpc) is 3.07. The average molecular weight is 528 g/mol. The van der Waals surface area contributed by atoms with Gasteiger partial charge in [0.1, 0.15) is 10.8 Å². The van der Waals surface area contributed by atoms with Gasteiger partial charge in [-0.3, -0.25) is 4.99 Å². The fourth-order valence-electron chi connectivity index (χ4n) is 2.23. The monoisotopic (exact) mass is 528 g/mol. The van der Waals surface area contributed by atoms with Crippen LogP contribution in [0.4, 0.5) is 13.2 Å². The number of alkyl halides is 3. The van der Waals surface area contributed by atoms with Crippen LogP contribution in [0.2, 0.25) is 0 Å². The van der Waals surface area contributed by atoms with Crippen LogP contribution in [0.5, 0.6) is 5.75 Å². The lowest BCUT2D eigenvalue weighted by atomic mass is 10.1. The Hall–Kier alpha value is -1.56. The zero-order valence-corrected chi connectivity index (χ0v) is 19.0. The summed E-state index contributed by atoms with van der Waals surface area (Å²) in [6.45, 7) is 5.39. The molecule has 0 radical (unpaired) electrons. The van der Waals surface area contributed by atoms with Gasteiger partial charge < -0.3 is 15.4 Å². The smallest absolute Gasteiger partial charge is 0.406 e. The number of hydrogen-bond donors (Lipinski definition) is 2. The van der Waals surface area contributed by atoms with E-state index in [-0.39, 0.29) is 29.7 Å². The first-order valence-corrected chi connectivity index (χ1v) is 9.38. The quantitative estimate of drug-likeness (QED) is 0.311. The molecule has 2 N–H and O–H groups in total. The van der Waals surface area contributed by atoms with Crippen LogP contribution in [0.25, 0.3) is 0 Å². The molecule has 0 atom stereocenters. The van der Waals surface area contributed by atoms with E-state index in [4.69, 9.17) is 0 Å². The molecule has 2 rings (SSSR count). The lowest BCUT2D eigenvalue weighted by Crippen LogP contribution is -2.37. The molecule has 0 aliphatic rings. The van der Waals surface area contributed by atoms with Gasteiger partial charge in [0, 0.05) is 19.0 Å². The van der Waals surface area contributed by atoms with Crippen molar-refractivity contribution in [1.29, 1.82) is 0 Å². The summed E-state index contributed by atoms with van der Waals surface area (Å²) in [7, 11) is 1.68. The summed E-state index contributed by atoms with van der Waals surface area (Å²) in [6.07, 6.45) is -4.03. The van der Waals surface area contributed by atoms with Gasteiger partial charge in [-0.15, -0.1) is 48.5 Å². The molecule has 5 nitrogen and oxygen atoms in total. The second kappa shape index (κ2) is 11.4. The highest BCUT2D eigenvalue weighted by atomic mass is 127. The highest BCUT2D eigenvalue weighted by molar-refractivity contribution is 14.0. The Balaban J connectivity index is 0.00000392. The molecule has 0 aliphatic carbocycles. The molecule has 0 saturated heterocycles. The number of benzene rings is 1. The summed E-state index contributed by atoms with van der Waals surface area (Å²) in [5, 5.41) is 9.42. The Kier molecular flexibility index (Phi) is 10.0. The number of hydrogen-bond acceptors (Lipinski definition) is 4. The van der Waals surface area contributed by atoms with Gasteiger partial charge >= 0.3 is 6.36 Å². The lowest BCUT2D eigenvalue weighted by Gasteiger charge is -2.12. The highest BCUT2D eigenvalue weighted by Crippen LogP contribution is 2.22.